The molecule has 2 rings (SSSR count). The minimum atomic E-state index is 0. The molecule has 1 atom stereocenters. The van der Waals surface area contributed by atoms with Gasteiger partial charge in [0.15, 0.2) is 5.96 Å². The highest BCUT2D eigenvalue weighted by molar-refractivity contribution is 14.0. The molecule has 0 saturated heterocycles. The molecule has 1 fully saturated rings. The second kappa shape index (κ2) is 13.3. The first-order valence-electron chi connectivity index (χ1n) is 10.3. The summed E-state index contributed by atoms with van der Waals surface area (Å²) < 4.78 is 10.7. The largest absolute Gasteiger partial charge is 0.497 e. The SMILES string of the molecule is CCNC(=NCC1(CCOC)CCC1)NCC(c1cccc(OC)c1)N(C)C.I. The van der Waals surface area contributed by atoms with Crippen molar-refractivity contribution in [3.05, 3.63) is 29.8 Å². The van der Waals surface area contributed by atoms with Crippen LogP contribution in [0.5, 0.6) is 5.75 Å². The van der Waals surface area contributed by atoms with Gasteiger partial charge < -0.3 is 25.0 Å². The third kappa shape index (κ3) is 7.94. The zero-order valence-corrected chi connectivity index (χ0v) is 21.0. The summed E-state index contributed by atoms with van der Waals surface area (Å²) in [6.45, 7) is 5.40. The zero-order valence-electron chi connectivity index (χ0n) is 18.7. The molecule has 7 heteroatoms. The van der Waals surface area contributed by atoms with E-state index in [0.29, 0.717) is 5.41 Å². The Morgan fingerprint density at radius 1 is 1.24 bits per heavy atom. The lowest BCUT2D eigenvalue weighted by atomic mass is 9.67. The van der Waals surface area contributed by atoms with Gasteiger partial charge >= 0.3 is 0 Å². The quantitative estimate of drug-likeness (QED) is 0.266. The van der Waals surface area contributed by atoms with Crippen molar-refractivity contribution in [2.75, 3.05) is 54.6 Å². The van der Waals surface area contributed by atoms with E-state index in [1.807, 2.05) is 12.1 Å². The van der Waals surface area contributed by atoms with E-state index in [4.69, 9.17) is 14.5 Å². The molecule has 1 aliphatic rings. The first-order valence-corrected chi connectivity index (χ1v) is 10.3. The van der Waals surface area contributed by atoms with E-state index in [9.17, 15) is 0 Å². The van der Waals surface area contributed by atoms with E-state index in [-0.39, 0.29) is 30.0 Å². The molecule has 0 heterocycles. The predicted octanol–water partition coefficient (Wildman–Crippen LogP) is 3.68. The molecule has 1 unspecified atom stereocenters. The average molecular weight is 518 g/mol. The maximum Gasteiger partial charge on any atom is 0.191 e. The van der Waals surface area contributed by atoms with Crippen LogP contribution in [0, 0.1) is 5.41 Å². The Morgan fingerprint density at radius 3 is 2.55 bits per heavy atom. The van der Waals surface area contributed by atoms with Crippen molar-refractivity contribution in [1.82, 2.24) is 15.5 Å². The maximum absolute atomic E-state index is 5.39. The number of benzene rings is 1. The summed E-state index contributed by atoms with van der Waals surface area (Å²) in [6, 6.07) is 8.50. The Labute approximate surface area is 193 Å². The number of nitrogens with one attached hydrogen (secondary N) is 2. The van der Waals surface area contributed by atoms with Gasteiger partial charge in [-0.2, -0.15) is 0 Å². The molecule has 1 aliphatic carbocycles. The van der Waals surface area contributed by atoms with Crippen LogP contribution in [-0.4, -0.2) is 65.4 Å². The second-order valence-electron chi connectivity index (χ2n) is 7.93. The molecule has 29 heavy (non-hydrogen) atoms. The van der Waals surface area contributed by atoms with Crippen LogP contribution in [0.1, 0.15) is 44.2 Å². The Bertz CT molecular complexity index is 621. The summed E-state index contributed by atoms with van der Waals surface area (Å²) >= 11 is 0. The molecule has 2 N–H and O–H groups in total. The van der Waals surface area contributed by atoms with Gasteiger partial charge in [0.1, 0.15) is 5.75 Å². The number of ether oxygens (including phenoxy) is 2. The van der Waals surface area contributed by atoms with Gasteiger partial charge in [0.05, 0.1) is 13.2 Å². The van der Waals surface area contributed by atoms with Crippen LogP contribution in [0.2, 0.25) is 0 Å². The van der Waals surface area contributed by atoms with Gasteiger partial charge in [-0.3, -0.25) is 4.99 Å². The summed E-state index contributed by atoms with van der Waals surface area (Å²) in [6.07, 6.45) is 4.91. The number of methoxy groups -OCH3 is 2. The van der Waals surface area contributed by atoms with E-state index in [1.54, 1.807) is 14.2 Å². The lowest BCUT2D eigenvalue weighted by Gasteiger charge is -2.40. The van der Waals surface area contributed by atoms with Crippen LogP contribution < -0.4 is 15.4 Å². The van der Waals surface area contributed by atoms with Crippen molar-refractivity contribution in [1.29, 1.82) is 0 Å². The zero-order chi connectivity index (χ0) is 20.4. The molecule has 1 aromatic carbocycles. The monoisotopic (exact) mass is 518 g/mol. The Kier molecular flexibility index (Phi) is 11.9. The average Bonchev–Trinajstić information content (AvgIpc) is 2.66. The van der Waals surface area contributed by atoms with Crippen LogP contribution in [0.3, 0.4) is 0 Å². The number of hydrogen-bond acceptors (Lipinski definition) is 4. The minimum absolute atomic E-state index is 0. The topological polar surface area (TPSA) is 58.1 Å². The van der Waals surface area contributed by atoms with Gasteiger partial charge in [0.25, 0.3) is 0 Å². The van der Waals surface area contributed by atoms with Crippen LogP contribution in [0.15, 0.2) is 29.3 Å². The predicted molar refractivity (Wildman–Crippen MR) is 132 cm³/mol. The number of hydrogen-bond donors (Lipinski definition) is 2. The normalized spacial score (nSPS) is 16.6. The highest BCUT2D eigenvalue weighted by atomic mass is 127. The fourth-order valence-corrected chi connectivity index (χ4v) is 3.71. The second-order valence-corrected chi connectivity index (χ2v) is 7.93. The third-order valence-corrected chi connectivity index (χ3v) is 5.73. The summed E-state index contributed by atoms with van der Waals surface area (Å²) in [7, 11) is 7.69. The Balaban J connectivity index is 0.00000420. The number of rotatable bonds is 11. The molecule has 6 nitrogen and oxygen atoms in total. The standard InChI is InChI=1S/C22H38N4O2.HI/c1-6-23-21(25-17-22(11-8-12-22)13-14-27-4)24-16-20(26(2)3)18-9-7-10-19(15-18)28-5;/h7,9-10,15,20H,6,8,11-14,16-17H2,1-5H3,(H2,23,24,25);1H. The molecular weight excluding hydrogens is 479 g/mol. The van der Waals surface area contributed by atoms with Gasteiger partial charge in [-0.1, -0.05) is 18.6 Å². The Hall–Kier alpha value is -1.06. The molecule has 0 aliphatic heterocycles. The molecule has 0 bridgehead atoms. The number of guanidine groups is 1. The first-order chi connectivity index (χ1) is 13.5. The van der Waals surface area contributed by atoms with Gasteiger partial charge in [0.2, 0.25) is 0 Å². The highest BCUT2D eigenvalue weighted by Gasteiger charge is 2.36. The number of aliphatic imine (C=N–C) groups is 1. The lowest BCUT2D eigenvalue weighted by Crippen LogP contribution is -2.43. The fourth-order valence-electron chi connectivity index (χ4n) is 3.71. The number of halogens is 1. The van der Waals surface area contributed by atoms with E-state index in [1.165, 1.54) is 24.8 Å². The van der Waals surface area contributed by atoms with Crippen molar-refractivity contribution >= 4 is 29.9 Å². The van der Waals surface area contributed by atoms with Crippen molar-refractivity contribution in [2.45, 2.75) is 38.6 Å². The van der Waals surface area contributed by atoms with Gasteiger partial charge in [-0.05, 0) is 63.4 Å². The van der Waals surface area contributed by atoms with Gasteiger partial charge in [-0.25, -0.2) is 0 Å². The smallest absolute Gasteiger partial charge is 0.191 e. The fraction of sp³-hybridized carbons (Fsp3) is 0.682. The van der Waals surface area contributed by atoms with E-state index >= 15 is 0 Å². The van der Waals surface area contributed by atoms with Crippen LogP contribution >= 0.6 is 24.0 Å². The molecule has 166 valence electrons. The molecular formula is C22H39IN4O2. The molecule has 0 amide bonds. The number of likely N-dealkylation sites (N-methyl/N-ethyl adjacent to an activating group) is 1. The third-order valence-electron chi connectivity index (χ3n) is 5.73. The Morgan fingerprint density at radius 2 is 2.00 bits per heavy atom. The molecule has 0 radical (unpaired) electrons. The molecule has 1 saturated carbocycles. The van der Waals surface area contributed by atoms with E-state index in [2.05, 4.69) is 48.7 Å². The molecule has 0 spiro atoms. The number of nitrogens with zero attached hydrogens (tertiary/aromatic N) is 2. The van der Waals surface area contributed by atoms with Crippen LogP contribution in [-0.2, 0) is 4.74 Å². The molecule has 1 aromatic rings. The van der Waals surface area contributed by atoms with Gasteiger partial charge in [-0.15, -0.1) is 24.0 Å². The van der Waals surface area contributed by atoms with Crippen molar-refractivity contribution in [2.24, 2.45) is 10.4 Å². The summed E-state index contributed by atoms with van der Waals surface area (Å²) in [5.41, 5.74) is 1.55. The first kappa shape index (κ1) is 26.0. The lowest BCUT2D eigenvalue weighted by molar-refractivity contribution is 0.0778. The van der Waals surface area contributed by atoms with E-state index in [0.717, 1.165) is 44.4 Å². The summed E-state index contributed by atoms with van der Waals surface area (Å²) in [4.78, 5) is 7.13. The van der Waals surface area contributed by atoms with Crippen LogP contribution in [0.25, 0.3) is 0 Å². The molecule has 0 aromatic heterocycles. The van der Waals surface area contributed by atoms with Crippen molar-refractivity contribution in [3.8, 4) is 5.75 Å². The summed E-state index contributed by atoms with van der Waals surface area (Å²) in [5, 5.41) is 6.93. The van der Waals surface area contributed by atoms with E-state index < -0.39 is 0 Å². The van der Waals surface area contributed by atoms with Crippen molar-refractivity contribution in [3.63, 3.8) is 0 Å². The highest BCUT2D eigenvalue weighted by Crippen LogP contribution is 2.44. The van der Waals surface area contributed by atoms with Gasteiger partial charge in [0, 0.05) is 33.4 Å². The summed E-state index contributed by atoms with van der Waals surface area (Å²) in [5.74, 6) is 1.77. The van der Waals surface area contributed by atoms with Crippen molar-refractivity contribution < 1.29 is 9.47 Å². The minimum Gasteiger partial charge on any atom is -0.497 e. The maximum atomic E-state index is 5.39. The van der Waals surface area contributed by atoms with Crippen LogP contribution in [0.4, 0.5) is 0 Å².